The molecule has 0 aromatic heterocycles. The number of aliphatic hydroxyl groups is 1. The molecule has 2 aliphatic carbocycles. The van der Waals surface area contributed by atoms with Gasteiger partial charge in [0.25, 0.3) is 0 Å². The Morgan fingerprint density at radius 2 is 1.95 bits per heavy atom. The maximum Gasteiger partial charge on any atom is 0.233 e. The Morgan fingerprint density at radius 3 is 2.48 bits per heavy atom. The van der Waals surface area contributed by atoms with Crippen LogP contribution in [0, 0.1) is 16.7 Å². The lowest BCUT2D eigenvalue weighted by Gasteiger charge is -2.40. The monoisotopic (exact) mass is 309 g/mol. The highest BCUT2D eigenvalue weighted by Gasteiger charge is 2.64. The van der Waals surface area contributed by atoms with E-state index < -0.39 is 21.5 Å². The second-order valence-corrected chi connectivity index (χ2v) is 8.81. The molecule has 5 heteroatoms. The van der Waals surface area contributed by atoms with E-state index >= 15 is 0 Å². The first-order valence-electron chi connectivity index (χ1n) is 7.50. The predicted octanol–water partition coefficient (Wildman–Crippen LogP) is 2.62. The molecule has 0 spiro atoms. The summed E-state index contributed by atoms with van der Waals surface area (Å²) in [5.74, 6) is 0.430. The summed E-state index contributed by atoms with van der Waals surface area (Å²) in [6.45, 7) is 4.22. The summed E-state index contributed by atoms with van der Waals surface area (Å²) in [6.07, 6.45) is 2.03. The SMILES string of the molecule is CC1(C)C2CCC1(CS(=O)(=O)Nc1ccccc1)C(O)C2. The maximum atomic E-state index is 12.5. The number of hydrogen-bond acceptors (Lipinski definition) is 3. The van der Waals surface area contributed by atoms with Crippen LogP contribution in [0.1, 0.15) is 33.1 Å². The van der Waals surface area contributed by atoms with E-state index in [1.54, 1.807) is 24.3 Å². The number of benzene rings is 1. The Bertz CT molecular complexity index is 626. The molecule has 3 rings (SSSR count). The van der Waals surface area contributed by atoms with Crippen LogP contribution in [0.4, 0.5) is 5.69 Å². The lowest BCUT2D eigenvalue weighted by atomic mass is 9.70. The number of anilines is 1. The first-order chi connectivity index (χ1) is 9.77. The summed E-state index contributed by atoms with van der Waals surface area (Å²) >= 11 is 0. The summed E-state index contributed by atoms with van der Waals surface area (Å²) in [5, 5.41) is 10.4. The first kappa shape index (κ1) is 14.9. The highest BCUT2D eigenvalue weighted by atomic mass is 32.2. The summed E-state index contributed by atoms with van der Waals surface area (Å²) in [4.78, 5) is 0. The molecule has 2 bridgehead atoms. The van der Waals surface area contributed by atoms with E-state index in [-0.39, 0.29) is 11.2 Å². The van der Waals surface area contributed by atoms with Gasteiger partial charge in [-0.25, -0.2) is 8.42 Å². The molecule has 1 aromatic carbocycles. The van der Waals surface area contributed by atoms with Gasteiger partial charge >= 0.3 is 0 Å². The summed E-state index contributed by atoms with van der Waals surface area (Å²) < 4.78 is 27.7. The van der Waals surface area contributed by atoms with Gasteiger partial charge in [-0.2, -0.15) is 0 Å². The van der Waals surface area contributed by atoms with Crippen LogP contribution >= 0.6 is 0 Å². The van der Waals surface area contributed by atoms with E-state index in [1.165, 1.54) is 0 Å². The zero-order chi connectivity index (χ0) is 15.3. The number of rotatable bonds is 4. The standard InChI is InChI=1S/C16H23NO3S/c1-15(2)12-8-9-16(15,14(18)10-12)11-21(19,20)17-13-6-4-3-5-7-13/h3-7,12,14,17-18H,8-11H2,1-2H3. The number of fused-ring (bicyclic) bond motifs is 2. The minimum Gasteiger partial charge on any atom is -0.392 e. The highest BCUT2D eigenvalue weighted by molar-refractivity contribution is 7.92. The van der Waals surface area contributed by atoms with Crippen LogP contribution in [0.5, 0.6) is 0 Å². The van der Waals surface area contributed by atoms with Crippen molar-refractivity contribution in [1.29, 1.82) is 0 Å². The van der Waals surface area contributed by atoms with Crippen molar-refractivity contribution in [2.75, 3.05) is 10.5 Å². The molecule has 116 valence electrons. The second kappa shape index (κ2) is 4.71. The highest BCUT2D eigenvalue weighted by Crippen LogP contribution is 2.66. The molecule has 0 saturated heterocycles. The van der Waals surface area contributed by atoms with Crippen LogP contribution in [0.15, 0.2) is 30.3 Å². The van der Waals surface area contributed by atoms with Crippen LogP contribution in [0.25, 0.3) is 0 Å². The fourth-order valence-electron chi connectivity index (χ4n) is 4.44. The topological polar surface area (TPSA) is 66.4 Å². The van der Waals surface area contributed by atoms with Gasteiger partial charge in [-0.3, -0.25) is 4.72 Å². The van der Waals surface area contributed by atoms with E-state index in [0.29, 0.717) is 11.6 Å². The zero-order valence-electron chi connectivity index (χ0n) is 12.5. The van der Waals surface area contributed by atoms with E-state index in [4.69, 9.17) is 0 Å². The molecule has 0 amide bonds. The van der Waals surface area contributed by atoms with Gasteiger partial charge in [-0.15, -0.1) is 0 Å². The van der Waals surface area contributed by atoms with Gasteiger partial charge in [0.15, 0.2) is 0 Å². The number of sulfonamides is 1. The van der Waals surface area contributed by atoms with Crippen molar-refractivity contribution in [1.82, 2.24) is 0 Å². The van der Waals surface area contributed by atoms with E-state index in [1.807, 2.05) is 6.07 Å². The molecule has 3 unspecified atom stereocenters. The Labute approximate surface area is 126 Å². The Kier molecular flexibility index (Phi) is 3.33. The van der Waals surface area contributed by atoms with Crippen molar-refractivity contribution in [3.05, 3.63) is 30.3 Å². The molecule has 3 atom stereocenters. The quantitative estimate of drug-likeness (QED) is 0.898. The molecule has 21 heavy (non-hydrogen) atoms. The van der Waals surface area contributed by atoms with Gasteiger partial charge in [0.05, 0.1) is 11.9 Å². The molecule has 4 nitrogen and oxygen atoms in total. The maximum absolute atomic E-state index is 12.5. The predicted molar refractivity (Wildman–Crippen MR) is 83.4 cm³/mol. The van der Waals surface area contributed by atoms with Crippen molar-refractivity contribution < 1.29 is 13.5 Å². The molecule has 2 aliphatic rings. The molecule has 2 N–H and O–H groups in total. The van der Waals surface area contributed by atoms with Gasteiger partial charge in [-0.1, -0.05) is 32.0 Å². The molecule has 0 radical (unpaired) electrons. The molecule has 2 saturated carbocycles. The molecule has 0 heterocycles. The van der Waals surface area contributed by atoms with Crippen molar-refractivity contribution in [3.63, 3.8) is 0 Å². The molecular weight excluding hydrogens is 286 g/mol. The van der Waals surface area contributed by atoms with Gasteiger partial charge in [-0.05, 0) is 42.7 Å². The Hall–Kier alpha value is -1.07. The number of aliphatic hydroxyl groups excluding tert-OH is 1. The van der Waals surface area contributed by atoms with Crippen LogP contribution in [-0.4, -0.2) is 25.4 Å². The second-order valence-electron chi connectivity index (χ2n) is 7.09. The van der Waals surface area contributed by atoms with E-state index in [0.717, 1.165) is 19.3 Å². The third-order valence-electron chi connectivity index (χ3n) is 5.88. The fraction of sp³-hybridized carbons (Fsp3) is 0.625. The van der Waals surface area contributed by atoms with Crippen LogP contribution in [-0.2, 0) is 10.0 Å². The smallest absolute Gasteiger partial charge is 0.233 e. The molecule has 0 aliphatic heterocycles. The van der Waals surface area contributed by atoms with Gasteiger partial charge in [0, 0.05) is 11.1 Å². The number of nitrogens with one attached hydrogen (secondary N) is 1. The van der Waals surface area contributed by atoms with Crippen LogP contribution in [0.2, 0.25) is 0 Å². The van der Waals surface area contributed by atoms with Crippen LogP contribution in [0.3, 0.4) is 0 Å². The summed E-state index contributed by atoms with van der Waals surface area (Å²) in [6, 6.07) is 8.93. The average molecular weight is 309 g/mol. The van der Waals surface area contributed by atoms with E-state index in [9.17, 15) is 13.5 Å². The zero-order valence-corrected chi connectivity index (χ0v) is 13.4. The third kappa shape index (κ3) is 2.27. The van der Waals surface area contributed by atoms with Crippen LogP contribution < -0.4 is 4.72 Å². The largest absolute Gasteiger partial charge is 0.392 e. The summed E-state index contributed by atoms with van der Waals surface area (Å²) in [7, 11) is -3.48. The number of hydrogen-bond donors (Lipinski definition) is 2. The first-order valence-corrected chi connectivity index (χ1v) is 9.16. The lowest BCUT2D eigenvalue weighted by molar-refractivity contribution is 0.0154. The molecule has 2 fully saturated rings. The normalized spacial score (nSPS) is 34.0. The molecular formula is C16H23NO3S. The van der Waals surface area contributed by atoms with Gasteiger partial charge in [0.2, 0.25) is 10.0 Å². The lowest BCUT2D eigenvalue weighted by Crippen LogP contribution is -2.45. The fourth-order valence-corrected chi connectivity index (χ4v) is 6.39. The molecule has 1 aromatic rings. The van der Waals surface area contributed by atoms with Gasteiger partial charge < -0.3 is 5.11 Å². The Morgan fingerprint density at radius 1 is 1.29 bits per heavy atom. The summed E-state index contributed by atoms with van der Waals surface area (Å²) in [5.41, 5.74) is -0.0652. The van der Waals surface area contributed by atoms with Crippen molar-refractivity contribution in [3.8, 4) is 0 Å². The minimum atomic E-state index is -3.48. The average Bonchev–Trinajstić information content (AvgIpc) is 2.72. The Balaban J connectivity index is 1.85. The van der Waals surface area contributed by atoms with Crippen molar-refractivity contribution >= 4 is 15.7 Å². The van der Waals surface area contributed by atoms with Gasteiger partial charge in [0.1, 0.15) is 0 Å². The van der Waals surface area contributed by atoms with Crippen molar-refractivity contribution in [2.45, 2.75) is 39.2 Å². The minimum absolute atomic E-state index is 0.000436. The van der Waals surface area contributed by atoms with E-state index in [2.05, 4.69) is 18.6 Å². The third-order valence-corrected chi connectivity index (χ3v) is 7.33. The van der Waals surface area contributed by atoms with Crippen molar-refractivity contribution in [2.24, 2.45) is 16.7 Å². The number of para-hydroxylation sites is 1.